The molecule has 3 nitrogen and oxygen atoms in total. The van der Waals surface area contributed by atoms with Gasteiger partial charge in [-0.05, 0) is 49.3 Å². The van der Waals surface area contributed by atoms with Gasteiger partial charge in [0, 0.05) is 24.3 Å². The molecule has 3 rings (SSSR count). The molecular weight excluding hydrogens is 248 g/mol. The molecule has 1 aromatic rings. The Bertz CT molecular complexity index is 478. The first-order valence-electron chi connectivity index (χ1n) is 7.98. The first kappa shape index (κ1) is 13.5. The maximum Gasteiger partial charge on any atom is 0.224 e. The van der Waals surface area contributed by atoms with E-state index in [4.69, 9.17) is 0 Å². The Hall–Kier alpha value is -1.51. The van der Waals surface area contributed by atoms with Gasteiger partial charge in [-0.1, -0.05) is 25.3 Å². The minimum Gasteiger partial charge on any atom is -0.385 e. The second-order valence-electron chi connectivity index (χ2n) is 6.16. The standard InChI is InChI=1S/C17H24N2O/c20-17(11-13-5-2-1-3-6-13)19-15-9-8-14-7-4-10-18-16(14)12-15/h8-9,12-13,18H,1-7,10-11H2,(H,19,20). The number of nitrogens with one attached hydrogen (secondary N) is 2. The van der Waals surface area contributed by atoms with Crippen molar-refractivity contribution in [2.45, 2.75) is 51.4 Å². The van der Waals surface area contributed by atoms with Crippen molar-refractivity contribution in [3.8, 4) is 0 Å². The number of carbonyl (C=O) groups is 1. The Kier molecular flexibility index (Phi) is 4.24. The average molecular weight is 272 g/mol. The highest BCUT2D eigenvalue weighted by Gasteiger charge is 2.17. The van der Waals surface area contributed by atoms with Crippen molar-refractivity contribution >= 4 is 17.3 Å². The van der Waals surface area contributed by atoms with Gasteiger partial charge in [-0.2, -0.15) is 0 Å². The summed E-state index contributed by atoms with van der Waals surface area (Å²) in [6.07, 6.45) is 9.39. The second-order valence-corrected chi connectivity index (χ2v) is 6.16. The highest BCUT2D eigenvalue weighted by molar-refractivity contribution is 5.91. The molecule has 0 aromatic heterocycles. The van der Waals surface area contributed by atoms with E-state index in [9.17, 15) is 4.79 Å². The zero-order valence-electron chi connectivity index (χ0n) is 12.1. The molecule has 0 atom stereocenters. The summed E-state index contributed by atoms with van der Waals surface area (Å²) in [5.41, 5.74) is 3.48. The molecule has 1 aliphatic heterocycles. The quantitative estimate of drug-likeness (QED) is 0.874. The van der Waals surface area contributed by atoms with Crippen LogP contribution in [0.5, 0.6) is 0 Å². The molecule has 0 saturated heterocycles. The van der Waals surface area contributed by atoms with Gasteiger partial charge < -0.3 is 10.6 Å². The molecule has 20 heavy (non-hydrogen) atoms. The highest BCUT2D eigenvalue weighted by atomic mass is 16.1. The lowest BCUT2D eigenvalue weighted by atomic mass is 9.87. The van der Waals surface area contributed by atoms with E-state index in [0.29, 0.717) is 12.3 Å². The van der Waals surface area contributed by atoms with Crippen LogP contribution in [0.3, 0.4) is 0 Å². The lowest BCUT2D eigenvalue weighted by molar-refractivity contribution is -0.117. The molecule has 1 amide bonds. The summed E-state index contributed by atoms with van der Waals surface area (Å²) in [5.74, 6) is 0.771. The van der Waals surface area contributed by atoms with Gasteiger partial charge in [0.2, 0.25) is 5.91 Å². The Balaban J connectivity index is 1.58. The lowest BCUT2D eigenvalue weighted by Crippen LogP contribution is -2.19. The summed E-state index contributed by atoms with van der Waals surface area (Å²) in [6, 6.07) is 6.25. The van der Waals surface area contributed by atoms with Crippen molar-refractivity contribution in [1.29, 1.82) is 0 Å². The number of benzene rings is 1. The van der Waals surface area contributed by atoms with E-state index >= 15 is 0 Å². The molecular formula is C17H24N2O. The first-order chi connectivity index (χ1) is 9.81. The molecule has 2 N–H and O–H groups in total. The third-order valence-electron chi connectivity index (χ3n) is 4.53. The predicted octanol–water partition coefficient (Wildman–Crippen LogP) is 3.95. The number of rotatable bonds is 3. The molecule has 108 valence electrons. The summed E-state index contributed by atoms with van der Waals surface area (Å²) < 4.78 is 0. The van der Waals surface area contributed by atoms with Gasteiger partial charge in [-0.25, -0.2) is 0 Å². The van der Waals surface area contributed by atoms with Crippen molar-refractivity contribution in [3.63, 3.8) is 0 Å². The molecule has 0 unspecified atom stereocenters. The van der Waals surface area contributed by atoms with Crippen LogP contribution >= 0.6 is 0 Å². The average Bonchev–Trinajstić information content (AvgIpc) is 2.48. The van der Waals surface area contributed by atoms with E-state index in [-0.39, 0.29) is 5.91 Å². The molecule has 0 bridgehead atoms. The lowest BCUT2D eigenvalue weighted by Gasteiger charge is -2.21. The van der Waals surface area contributed by atoms with E-state index in [0.717, 1.165) is 18.7 Å². The number of hydrogen-bond donors (Lipinski definition) is 2. The van der Waals surface area contributed by atoms with Crippen LogP contribution in [0.25, 0.3) is 0 Å². The van der Waals surface area contributed by atoms with E-state index < -0.39 is 0 Å². The van der Waals surface area contributed by atoms with E-state index in [1.54, 1.807) is 0 Å². The van der Waals surface area contributed by atoms with Gasteiger partial charge in [-0.3, -0.25) is 4.79 Å². The fourth-order valence-corrected chi connectivity index (χ4v) is 3.40. The molecule has 0 radical (unpaired) electrons. The van der Waals surface area contributed by atoms with Crippen molar-refractivity contribution in [2.24, 2.45) is 5.92 Å². The molecule has 1 aromatic carbocycles. The summed E-state index contributed by atoms with van der Waals surface area (Å²) in [4.78, 5) is 12.1. The molecule has 3 heteroatoms. The first-order valence-corrected chi connectivity index (χ1v) is 7.98. The van der Waals surface area contributed by atoms with Crippen LogP contribution in [0.4, 0.5) is 11.4 Å². The maximum absolute atomic E-state index is 12.1. The predicted molar refractivity (Wildman–Crippen MR) is 83.1 cm³/mol. The van der Waals surface area contributed by atoms with E-state index in [1.807, 2.05) is 6.07 Å². The molecule has 0 spiro atoms. The smallest absolute Gasteiger partial charge is 0.224 e. The van der Waals surface area contributed by atoms with Gasteiger partial charge in [0.25, 0.3) is 0 Å². The summed E-state index contributed by atoms with van der Waals surface area (Å²) >= 11 is 0. The minimum absolute atomic E-state index is 0.174. The monoisotopic (exact) mass is 272 g/mol. The molecule has 1 fully saturated rings. The fraction of sp³-hybridized carbons (Fsp3) is 0.588. The van der Waals surface area contributed by atoms with Crippen molar-refractivity contribution in [1.82, 2.24) is 0 Å². The Labute approximate surface area is 121 Å². The Morgan fingerprint density at radius 2 is 2.05 bits per heavy atom. The maximum atomic E-state index is 12.1. The molecule has 1 saturated carbocycles. The van der Waals surface area contributed by atoms with Crippen LogP contribution < -0.4 is 10.6 Å². The topological polar surface area (TPSA) is 41.1 Å². The van der Waals surface area contributed by atoms with Crippen LogP contribution in [-0.2, 0) is 11.2 Å². The number of aryl methyl sites for hydroxylation is 1. The third kappa shape index (κ3) is 3.33. The van der Waals surface area contributed by atoms with E-state index in [2.05, 4.69) is 22.8 Å². The van der Waals surface area contributed by atoms with Crippen molar-refractivity contribution < 1.29 is 4.79 Å². The SMILES string of the molecule is O=C(CC1CCCCC1)Nc1ccc2c(c1)NCCC2. The third-order valence-corrected chi connectivity index (χ3v) is 4.53. The zero-order chi connectivity index (χ0) is 13.8. The number of hydrogen-bond acceptors (Lipinski definition) is 2. The fourth-order valence-electron chi connectivity index (χ4n) is 3.40. The van der Waals surface area contributed by atoms with Crippen LogP contribution in [0.15, 0.2) is 18.2 Å². The molecule has 1 aliphatic carbocycles. The normalized spacial score (nSPS) is 19.0. The van der Waals surface area contributed by atoms with E-state index in [1.165, 1.54) is 49.8 Å². The number of carbonyl (C=O) groups excluding carboxylic acids is 1. The van der Waals surface area contributed by atoms with Crippen LogP contribution in [-0.4, -0.2) is 12.5 Å². The Morgan fingerprint density at radius 3 is 2.90 bits per heavy atom. The second kappa shape index (κ2) is 6.29. The molecule has 1 heterocycles. The Morgan fingerprint density at radius 1 is 1.20 bits per heavy atom. The minimum atomic E-state index is 0.174. The number of fused-ring (bicyclic) bond motifs is 1. The summed E-state index contributed by atoms with van der Waals surface area (Å²) in [5, 5.41) is 6.47. The van der Waals surface area contributed by atoms with Gasteiger partial charge >= 0.3 is 0 Å². The summed E-state index contributed by atoms with van der Waals surface area (Å²) in [6.45, 7) is 1.03. The van der Waals surface area contributed by atoms with Gasteiger partial charge in [-0.15, -0.1) is 0 Å². The highest BCUT2D eigenvalue weighted by Crippen LogP contribution is 2.28. The molecule has 2 aliphatic rings. The largest absolute Gasteiger partial charge is 0.385 e. The van der Waals surface area contributed by atoms with Gasteiger partial charge in [0.15, 0.2) is 0 Å². The number of amides is 1. The van der Waals surface area contributed by atoms with Crippen molar-refractivity contribution in [2.75, 3.05) is 17.2 Å². The number of anilines is 2. The summed E-state index contributed by atoms with van der Waals surface area (Å²) in [7, 11) is 0. The van der Waals surface area contributed by atoms with Crippen molar-refractivity contribution in [3.05, 3.63) is 23.8 Å². The van der Waals surface area contributed by atoms with Gasteiger partial charge in [0.05, 0.1) is 0 Å². The van der Waals surface area contributed by atoms with Crippen LogP contribution in [0, 0.1) is 5.92 Å². The van der Waals surface area contributed by atoms with Crippen LogP contribution in [0.1, 0.15) is 50.5 Å². The van der Waals surface area contributed by atoms with Crippen LogP contribution in [0.2, 0.25) is 0 Å². The van der Waals surface area contributed by atoms with Gasteiger partial charge in [0.1, 0.15) is 0 Å². The zero-order valence-corrected chi connectivity index (χ0v) is 12.1.